The molecule has 4 aromatic rings. The standard InChI is InChI=1S/C19H17N3O3S2/c1-12-8-16(13(2)22(12)9-15-4-3-6-27-15)19(23)24-10-17-20-18(21-25-17)14-5-7-26-11-14/h3-8,11H,9-10H2,1-2H3. The first-order valence-electron chi connectivity index (χ1n) is 8.33. The van der Waals surface area contributed by atoms with Gasteiger partial charge < -0.3 is 13.8 Å². The molecule has 0 N–H and O–H groups in total. The zero-order valence-corrected chi connectivity index (χ0v) is 16.5. The van der Waals surface area contributed by atoms with Crippen molar-refractivity contribution in [3.05, 3.63) is 68.1 Å². The van der Waals surface area contributed by atoms with Gasteiger partial charge in [-0.05, 0) is 42.8 Å². The van der Waals surface area contributed by atoms with Crippen LogP contribution in [0.3, 0.4) is 0 Å². The molecule has 0 saturated heterocycles. The van der Waals surface area contributed by atoms with Crippen molar-refractivity contribution in [2.45, 2.75) is 27.0 Å². The number of nitrogens with zero attached hydrogens (tertiary/aromatic N) is 3. The van der Waals surface area contributed by atoms with E-state index in [4.69, 9.17) is 9.26 Å². The molecule has 138 valence electrons. The lowest BCUT2D eigenvalue weighted by Gasteiger charge is -2.08. The lowest BCUT2D eigenvalue weighted by molar-refractivity contribution is 0.0429. The van der Waals surface area contributed by atoms with Gasteiger partial charge in [0.2, 0.25) is 5.82 Å². The molecule has 0 spiro atoms. The molecule has 0 aliphatic rings. The summed E-state index contributed by atoms with van der Waals surface area (Å²) in [6.45, 7) is 4.61. The van der Waals surface area contributed by atoms with E-state index in [1.54, 1.807) is 22.7 Å². The number of rotatable bonds is 6. The maximum Gasteiger partial charge on any atom is 0.340 e. The maximum atomic E-state index is 12.5. The van der Waals surface area contributed by atoms with Crippen LogP contribution in [0.2, 0.25) is 0 Å². The van der Waals surface area contributed by atoms with Crippen LogP contribution in [0.4, 0.5) is 0 Å². The summed E-state index contributed by atoms with van der Waals surface area (Å²) in [5, 5.41) is 9.84. The summed E-state index contributed by atoms with van der Waals surface area (Å²) in [4.78, 5) is 18.0. The third-order valence-corrected chi connectivity index (χ3v) is 5.81. The first-order chi connectivity index (χ1) is 13.1. The Balaban J connectivity index is 1.44. The van der Waals surface area contributed by atoms with Gasteiger partial charge in [0.05, 0.1) is 12.1 Å². The van der Waals surface area contributed by atoms with Gasteiger partial charge in [-0.3, -0.25) is 0 Å². The highest BCUT2D eigenvalue weighted by molar-refractivity contribution is 7.09. The Hall–Kier alpha value is -2.71. The Kier molecular flexibility index (Phi) is 4.91. The fourth-order valence-corrected chi connectivity index (χ4v) is 4.16. The van der Waals surface area contributed by atoms with E-state index in [2.05, 4.69) is 20.8 Å². The van der Waals surface area contributed by atoms with Crippen LogP contribution in [0.1, 0.15) is 32.5 Å². The quantitative estimate of drug-likeness (QED) is 0.440. The summed E-state index contributed by atoms with van der Waals surface area (Å²) >= 11 is 3.25. The third kappa shape index (κ3) is 3.72. The van der Waals surface area contributed by atoms with Crippen molar-refractivity contribution in [3.63, 3.8) is 0 Å². The van der Waals surface area contributed by atoms with E-state index < -0.39 is 5.97 Å². The van der Waals surface area contributed by atoms with Crippen LogP contribution in [0.5, 0.6) is 0 Å². The van der Waals surface area contributed by atoms with E-state index >= 15 is 0 Å². The predicted octanol–water partition coefficient (Wildman–Crippen LogP) is 4.68. The number of hydrogen-bond donors (Lipinski definition) is 0. The van der Waals surface area contributed by atoms with Crippen molar-refractivity contribution in [3.8, 4) is 11.4 Å². The molecule has 27 heavy (non-hydrogen) atoms. The molecule has 8 heteroatoms. The lowest BCUT2D eigenvalue weighted by atomic mass is 10.2. The molecule has 6 nitrogen and oxygen atoms in total. The number of ether oxygens (including phenoxy) is 1. The van der Waals surface area contributed by atoms with Gasteiger partial charge in [-0.1, -0.05) is 11.2 Å². The van der Waals surface area contributed by atoms with Crippen LogP contribution in [-0.2, 0) is 17.9 Å². The molecule has 0 amide bonds. The topological polar surface area (TPSA) is 70.2 Å². The minimum atomic E-state index is -0.393. The Morgan fingerprint density at radius 2 is 2.19 bits per heavy atom. The monoisotopic (exact) mass is 399 g/mol. The van der Waals surface area contributed by atoms with Crippen LogP contribution in [0.15, 0.2) is 44.9 Å². The molecule has 0 aliphatic heterocycles. The third-order valence-electron chi connectivity index (χ3n) is 4.26. The maximum absolute atomic E-state index is 12.5. The Morgan fingerprint density at radius 3 is 2.93 bits per heavy atom. The first kappa shape index (κ1) is 17.7. The molecule has 4 aromatic heterocycles. The van der Waals surface area contributed by atoms with E-state index in [9.17, 15) is 4.79 Å². The number of aryl methyl sites for hydroxylation is 1. The van der Waals surface area contributed by atoms with Gasteiger partial charge in [0.1, 0.15) is 0 Å². The molecule has 0 saturated carbocycles. The second-order valence-electron chi connectivity index (χ2n) is 6.05. The zero-order chi connectivity index (χ0) is 18.8. The second-order valence-corrected chi connectivity index (χ2v) is 7.86. The van der Waals surface area contributed by atoms with Gasteiger partial charge in [-0.2, -0.15) is 16.3 Å². The molecule has 0 aromatic carbocycles. The fourth-order valence-electron chi connectivity index (χ4n) is 2.84. The fraction of sp³-hybridized carbons (Fsp3) is 0.211. The molecule has 0 atom stereocenters. The van der Waals surface area contributed by atoms with E-state index in [-0.39, 0.29) is 12.5 Å². The van der Waals surface area contributed by atoms with E-state index in [1.807, 2.05) is 48.2 Å². The summed E-state index contributed by atoms with van der Waals surface area (Å²) in [6.07, 6.45) is 0. The molecule has 0 radical (unpaired) electrons. The molecule has 0 fully saturated rings. The molecule has 4 rings (SSSR count). The van der Waals surface area contributed by atoms with Crippen LogP contribution in [-0.4, -0.2) is 20.7 Å². The minimum Gasteiger partial charge on any atom is -0.452 e. The number of thiophene rings is 2. The summed E-state index contributed by atoms with van der Waals surface area (Å²) in [5.41, 5.74) is 3.35. The van der Waals surface area contributed by atoms with E-state index in [0.29, 0.717) is 11.4 Å². The lowest BCUT2D eigenvalue weighted by Crippen LogP contribution is -2.08. The molecular weight excluding hydrogens is 382 g/mol. The average Bonchev–Trinajstić information content (AvgIpc) is 3.43. The molecule has 0 unspecified atom stereocenters. The van der Waals surface area contributed by atoms with Gasteiger partial charge in [-0.15, -0.1) is 11.3 Å². The molecular formula is C19H17N3O3S2. The van der Waals surface area contributed by atoms with Crippen molar-refractivity contribution >= 4 is 28.6 Å². The highest BCUT2D eigenvalue weighted by atomic mass is 32.1. The Morgan fingerprint density at radius 1 is 1.30 bits per heavy atom. The summed E-state index contributed by atoms with van der Waals surface area (Å²) < 4.78 is 12.7. The minimum absolute atomic E-state index is 0.0510. The number of aromatic nitrogens is 3. The number of hydrogen-bond acceptors (Lipinski definition) is 7. The Bertz CT molecular complexity index is 1050. The SMILES string of the molecule is Cc1cc(C(=O)OCc2nc(-c3ccsc3)no2)c(C)n1Cc1cccs1. The molecule has 0 aliphatic carbocycles. The highest BCUT2D eigenvalue weighted by Gasteiger charge is 2.19. The summed E-state index contributed by atoms with van der Waals surface area (Å²) in [6, 6.07) is 7.88. The van der Waals surface area contributed by atoms with Crippen molar-refractivity contribution in [1.29, 1.82) is 0 Å². The van der Waals surface area contributed by atoms with E-state index in [0.717, 1.165) is 23.5 Å². The van der Waals surface area contributed by atoms with Gasteiger partial charge in [0, 0.05) is 27.2 Å². The van der Waals surface area contributed by atoms with Crippen LogP contribution in [0, 0.1) is 13.8 Å². The van der Waals surface area contributed by atoms with Crippen LogP contribution in [0.25, 0.3) is 11.4 Å². The average molecular weight is 399 g/mol. The molecule has 4 heterocycles. The normalized spacial score (nSPS) is 11.0. The van der Waals surface area contributed by atoms with Crippen molar-refractivity contribution in [1.82, 2.24) is 14.7 Å². The van der Waals surface area contributed by atoms with Gasteiger partial charge >= 0.3 is 5.97 Å². The predicted molar refractivity (Wildman–Crippen MR) is 104 cm³/mol. The van der Waals surface area contributed by atoms with E-state index in [1.165, 1.54) is 4.88 Å². The van der Waals surface area contributed by atoms with Crippen molar-refractivity contribution < 1.29 is 14.1 Å². The highest BCUT2D eigenvalue weighted by Crippen LogP contribution is 2.21. The largest absolute Gasteiger partial charge is 0.452 e. The molecule has 0 bridgehead atoms. The first-order valence-corrected chi connectivity index (χ1v) is 10.2. The summed E-state index contributed by atoms with van der Waals surface area (Å²) in [5.74, 6) is 0.379. The number of carbonyl (C=O) groups excluding carboxylic acids is 1. The Labute approximate surface area is 164 Å². The summed E-state index contributed by atoms with van der Waals surface area (Å²) in [7, 11) is 0. The second kappa shape index (κ2) is 7.50. The van der Waals surface area contributed by atoms with Crippen LogP contribution >= 0.6 is 22.7 Å². The van der Waals surface area contributed by atoms with Crippen LogP contribution < -0.4 is 0 Å². The smallest absolute Gasteiger partial charge is 0.340 e. The number of esters is 1. The number of carbonyl (C=O) groups is 1. The van der Waals surface area contributed by atoms with Gasteiger partial charge in [-0.25, -0.2) is 4.79 Å². The van der Waals surface area contributed by atoms with Crippen molar-refractivity contribution in [2.75, 3.05) is 0 Å². The zero-order valence-electron chi connectivity index (χ0n) is 14.8. The van der Waals surface area contributed by atoms with Crippen molar-refractivity contribution in [2.24, 2.45) is 0 Å². The van der Waals surface area contributed by atoms with Gasteiger partial charge in [0.15, 0.2) is 6.61 Å². The van der Waals surface area contributed by atoms with Gasteiger partial charge in [0.25, 0.3) is 5.89 Å².